The van der Waals surface area contributed by atoms with E-state index in [4.69, 9.17) is 18.4 Å². The normalized spacial score (nSPS) is 10.5. The minimum atomic E-state index is -0.278. The number of methoxy groups -OCH3 is 1. The number of hydrogen-bond acceptors (Lipinski definition) is 7. The second-order valence-electron chi connectivity index (χ2n) is 5.99. The molecule has 2 heterocycles. The maximum Gasteiger partial charge on any atom is 0.293 e. The van der Waals surface area contributed by atoms with Gasteiger partial charge in [-0.3, -0.25) is 4.79 Å². The van der Waals surface area contributed by atoms with Crippen molar-refractivity contribution in [3.05, 3.63) is 66.9 Å². The molecule has 8 nitrogen and oxygen atoms in total. The quantitative estimate of drug-likeness (QED) is 0.508. The van der Waals surface area contributed by atoms with Crippen LogP contribution in [0.2, 0.25) is 0 Å². The third kappa shape index (κ3) is 4.44. The van der Waals surface area contributed by atoms with Gasteiger partial charge in [-0.05, 0) is 48.5 Å². The molecule has 0 radical (unpaired) electrons. The van der Waals surface area contributed by atoms with Crippen molar-refractivity contribution in [3.8, 4) is 34.5 Å². The lowest BCUT2D eigenvalue weighted by atomic mass is 10.2. The molecule has 0 unspecified atom stereocenters. The van der Waals surface area contributed by atoms with Gasteiger partial charge in [0.1, 0.15) is 11.5 Å². The van der Waals surface area contributed by atoms with E-state index < -0.39 is 0 Å². The van der Waals surface area contributed by atoms with Crippen LogP contribution in [0.25, 0.3) is 23.0 Å². The number of anilines is 1. The van der Waals surface area contributed by atoms with Crippen LogP contribution in [-0.2, 0) is 4.79 Å². The SMILES string of the molecule is COc1ccc(NC(=O)COc2cccc(-c3noc(-c4ccco4)n3)c2)cc1. The van der Waals surface area contributed by atoms with Gasteiger partial charge in [0.25, 0.3) is 11.8 Å². The van der Waals surface area contributed by atoms with E-state index in [0.717, 1.165) is 0 Å². The van der Waals surface area contributed by atoms with E-state index in [1.54, 1.807) is 61.7 Å². The number of ether oxygens (including phenoxy) is 2. The summed E-state index contributed by atoms with van der Waals surface area (Å²) in [5.41, 5.74) is 1.35. The van der Waals surface area contributed by atoms with E-state index in [-0.39, 0.29) is 18.4 Å². The molecule has 0 bridgehead atoms. The van der Waals surface area contributed by atoms with Crippen LogP contribution >= 0.6 is 0 Å². The molecule has 2 aromatic carbocycles. The molecule has 0 atom stereocenters. The van der Waals surface area contributed by atoms with E-state index in [2.05, 4.69) is 15.5 Å². The zero-order chi connectivity index (χ0) is 20.1. The fourth-order valence-electron chi connectivity index (χ4n) is 2.59. The van der Waals surface area contributed by atoms with E-state index in [0.29, 0.717) is 34.3 Å². The van der Waals surface area contributed by atoms with E-state index in [1.807, 2.05) is 6.07 Å². The minimum Gasteiger partial charge on any atom is -0.497 e. The van der Waals surface area contributed by atoms with Crippen LogP contribution in [0.5, 0.6) is 11.5 Å². The van der Waals surface area contributed by atoms with Gasteiger partial charge >= 0.3 is 0 Å². The zero-order valence-corrected chi connectivity index (χ0v) is 15.5. The number of carbonyl (C=O) groups excluding carboxylic acids is 1. The molecule has 146 valence electrons. The van der Waals surface area contributed by atoms with Gasteiger partial charge in [-0.2, -0.15) is 4.98 Å². The van der Waals surface area contributed by atoms with Crippen LogP contribution in [-0.4, -0.2) is 29.8 Å². The van der Waals surface area contributed by atoms with Crippen molar-refractivity contribution in [2.45, 2.75) is 0 Å². The highest BCUT2D eigenvalue weighted by molar-refractivity contribution is 5.91. The number of amides is 1. The van der Waals surface area contributed by atoms with Gasteiger partial charge in [0.15, 0.2) is 12.4 Å². The van der Waals surface area contributed by atoms with Crippen LogP contribution in [0.1, 0.15) is 0 Å². The third-order valence-electron chi connectivity index (χ3n) is 3.99. The molecule has 0 saturated carbocycles. The summed E-state index contributed by atoms with van der Waals surface area (Å²) in [5.74, 6) is 2.12. The third-order valence-corrected chi connectivity index (χ3v) is 3.99. The Balaban J connectivity index is 1.38. The van der Waals surface area contributed by atoms with Crippen molar-refractivity contribution in [1.29, 1.82) is 0 Å². The van der Waals surface area contributed by atoms with Gasteiger partial charge in [0.05, 0.1) is 13.4 Å². The predicted molar refractivity (Wildman–Crippen MR) is 105 cm³/mol. The monoisotopic (exact) mass is 391 g/mol. The zero-order valence-electron chi connectivity index (χ0n) is 15.5. The average molecular weight is 391 g/mol. The summed E-state index contributed by atoms with van der Waals surface area (Å²) < 4.78 is 21.1. The Kier molecular flexibility index (Phi) is 5.24. The average Bonchev–Trinajstić information content (AvgIpc) is 3.45. The number of furan rings is 1. The van der Waals surface area contributed by atoms with Gasteiger partial charge in [-0.25, -0.2) is 0 Å². The summed E-state index contributed by atoms with van der Waals surface area (Å²) in [6, 6.07) is 17.6. The molecule has 0 aliphatic rings. The molecule has 4 rings (SSSR count). The molecule has 2 aromatic heterocycles. The Labute approximate surface area is 166 Å². The van der Waals surface area contributed by atoms with Crippen molar-refractivity contribution < 1.29 is 23.2 Å². The van der Waals surface area contributed by atoms with Crippen LogP contribution in [0, 0.1) is 0 Å². The summed E-state index contributed by atoms with van der Waals surface area (Å²) in [7, 11) is 1.59. The van der Waals surface area contributed by atoms with Crippen LogP contribution in [0.4, 0.5) is 5.69 Å². The Morgan fingerprint density at radius 3 is 2.69 bits per heavy atom. The Morgan fingerprint density at radius 1 is 1.07 bits per heavy atom. The number of hydrogen-bond donors (Lipinski definition) is 1. The second kappa shape index (κ2) is 8.30. The summed E-state index contributed by atoms with van der Waals surface area (Å²) in [6.07, 6.45) is 1.53. The first-order chi connectivity index (χ1) is 14.2. The van der Waals surface area contributed by atoms with Crippen molar-refractivity contribution in [2.24, 2.45) is 0 Å². The first kappa shape index (κ1) is 18.3. The maximum absolute atomic E-state index is 12.1. The van der Waals surface area contributed by atoms with Gasteiger partial charge in [0.2, 0.25) is 5.82 Å². The number of nitrogens with zero attached hydrogens (tertiary/aromatic N) is 2. The molecule has 1 N–H and O–H groups in total. The van der Waals surface area contributed by atoms with E-state index >= 15 is 0 Å². The van der Waals surface area contributed by atoms with Crippen molar-refractivity contribution >= 4 is 11.6 Å². The number of rotatable bonds is 7. The first-order valence-corrected chi connectivity index (χ1v) is 8.76. The molecule has 4 aromatic rings. The molecule has 8 heteroatoms. The summed E-state index contributed by atoms with van der Waals surface area (Å²) in [6.45, 7) is -0.140. The van der Waals surface area contributed by atoms with Crippen molar-refractivity contribution in [3.63, 3.8) is 0 Å². The molecule has 0 aliphatic heterocycles. The number of carbonyl (C=O) groups is 1. The molecule has 0 fully saturated rings. The lowest BCUT2D eigenvalue weighted by Crippen LogP contribution is -2.20. The summed E-state index contributed by atoms with van der Waals surface area (Å²) >= 11 is 0. The smallest absolute Gasteiger partial charge is 0.293 e. The fourth-order valence-corrected chi connectivity index (χ4v) is 2.59. The molecular weight excluding hydrogens is 374 g/mol. The minimum absolute atomic E-state index is 0.140. The maximum atomic E-state index is 12.1. The molecule has 0 saturated heterocycles. The predicted octanol–water partition coefficient (Wildman–Crippen LogP) is 4.02. The van der Waals surface area contributed by atoms with E-state index in [9.17, 15) is 4.79 Å². The standard InChI is InChI=1S/C21H17N3O5/c1-26-16-9-7-15(8-10-16)22-19(25)13-28-17-5-2-4-14(12-17)20-23-21(29-24-20)18-6-3-11-27-18/h2-12H,13H2,1H3,(H,22,25). The van der Waals surface area contributed by atoms with Gasteiger partial charge in [0, 0.05) is 11.3 Å². The van der Waals surface area contributed by atoms with Crippen LogP contribution < -0.4 is 14.8 Å². The lowest BCUT2D eigenvalue weighted by Gasteiger charge is -2.08. The number of nitrogens with one attached hydrogen (secondary N) is 1. The second-order valence-corrected chi connectivity index (χ2v) is 5.99. The van der Waals surface area contributed by atoms with Gasteiger partial charge in [-0.1, -0.05) is 17.3 Å². The van der Waals surface area contributed by atoms with Crippen molar-refractivity contribution in [1.82, 2.24) is 10.1 Å². The van der Waals surface area contributed by atoms with Crippen LogP contribution in [0.3, 0.4) is 0 Å². The highest BCUT2D eigenvalue weighted by Crippen LogP contribution is 2.25. The summed E-state index contributed by atoms with van der Waals surface area (Å²) in [5, 5.41) is 6.72. The topological polar surface area (TPSA) is 99.6 Å². The van der Waals surface area contributed by atoms with Gasteiger partial charge in [-0.15, -0.1) is 0 Å². The molecule has 0 aliphatic carbocycles. The molecular formula is C21H17N3O5. The Hall–Kier alpha value is -4.07. The molecule has 0 spiro atoms. The lowest BCUT2D eigenvalue weighted by molar-refractivity contribution is -0.118. The molecule has 1 amide bonds. The number of aromatic nitrogens is 2. The highest BCUT2D eigenvalue weighted by Gasteiger charge is 2.13. The Morgan fingerprint density at radius 2 is 1.93 bits per heavy atom. The number of benzene rings is 2. The largest absolute Gasteiger partial charge is 0.497 e. The van der Waals surface area contributed by atoms with Gasteiger partial charge < -0.3 is 23.7 Å². The van der Waals surface area contributed by atoms with Crippen LogP contribution in [0.15, 0.2) is 75.9 Å². The van der Waals surface area contributed by atoms with Crippen molar-refractivity contribution in [2.75, 3.05) is 19.0 Å². The fraction of sp³-hybridized carbons (Fsp3) is 0.0952. The molecule has 29 heavy (non-hydrogen) atoms. The summed E-state index contributed by atoms with van der Waals surface area (Å²) in [4.78, 5) is 16.4. The Bertz CT molecular complexity index is 1090. The van der Waals surface area contributed by atoms with E-state index in [1.165, 1.54) is 6.26 Å². The first-order valence-electron chi connectivity index (χ1n) is 8.76. The highest BCUT2D eigenvalue weighted by atomic mass is 16.5.